The molecular weight excluding hydrogens is 731 g/mol. The molecule has 2 unspecified atom stereocenters. The van der Waals surface area contributed by atoms with Gasteiger partial charge in [-0.2, -0.15) is 10.5 Å². The predicted octanol–water partition coefficient (Wildman–Crippen LogP) is 5.09. The van der Waals surface area contributed by atoms with Crippen LogP contribution in [0.1, 0.15) is 30.2 Å². The number of nitriles is 2. The molecule has 258 valence electrons. The molecule has 1 amide bonds. The van der Waals surface area contributed by atoms with Gasteiger partial charge in [-0.15, -0.1) is 36.2 Å². The van der Waals surface area contributed by atoms with Crippen LogP contribution in [0.4, 0.5) is 5.82 Å². The van der Waals surface area contributed by atoms with E-state index in [9.17, 15) is 20.1 Å². The van der Waals surface area contributed by atoms with Gasteiger partial charge in [0.25, 0.3) is 0 Å². The molecular formula is C32H33Cl3N8O4S2. The maximum atomic E-state index is 12.2. The number of nitrogens with two attached hydrogens (primary N) is 3. The number of carbonyl (C=O) groups is 2. The molecule has 0 saturated carbocycles. The molecule has 7 N–H and O–H groups in total. The summed E-state index contributed by atoms with van der Waals surface area (Å²) in [6.07, 6.45) is 0.297. The maximum absolute atomic E-state index is 12.2. The van der Waals surface area contributed by atoms with E-state index in [2.05, 4.69) is 22.4 Å². The van der Waals surface area contributed by atoms with Gasteiger partial charge in [-0.3, -0.25) is 4.79 Å². The third-order valence-corrected chi connectivity index (χ3v) is 8.88. The Balaban J connectivity index is 0.00000417. The second-order valence-electron chi connectivity index (χ2n) is 10.0. The van der Waals surface area contributed by atoms with Crippen LogP contribution in [-0.4, -0.2) is 53.7 Å². The number of hydrogen-bond donors (Lipinski definition) is 4. The van der Waals surface area contributed by atoms with Crippen LogP contribution in [0, 0.1) is 22.7 Å². The number of pyridine rings is 1. The third kappa shape index (κ3) is 10.9. The number of ether oxygens (including phenoxy) is 2. The number of nitrogens with zero attached hydrogens (tertiary/aromatic N) is 4. The molecule has 0 fully saturated rings. The molecule has 0 aliphatic heterocycles. The standard InChI is InChI=1S/C32H31ClN8O4S2.2ClH/c1-18(39-29(42)26(37)10-11-34)32(43)45-13-12-44-23-8-4-19(5-9-23)27-24(14-35)28(38)41-31(25(27)15-36)47-17-22-16-46-30(40-22)20-2-6-21(33)7-3-20;;/h2-9,16,18,26H,10-13,17,34,37H2,1H3,(H2,38,41)(H,39,42);2*1H. The van der Waals surface area contributed by atoms with E-state index in [1.807, 2.05) is 29.6 Å². The lowest BCUT2D eigenvalue weighted by Gasteiger charge is -2.16. The zero-order valence-corrected chi connectivity index (χ0v) is 30.1. The molecule has 4 aromatic rings. The Labute approximate surface area is 309 Å². The highest BCUT2D eigenvalue weighted by Gasteiger charge is 2.22. The number of thioether (sulfide) groups is 1. The number of halogens is 3. The SMILES string of the molecule is CC(NC(=O)C(N)CCN)C(=O)OCCOc1ccc(-c2c(C#N)c(N)nc(SCc3csc(-c4ccc(Cl)cc4)n3)c2C#N)cc1.Cl.Cl. The van der Waals surface area contributed by atoms with Gasteiger partial charge < -0.3 is 32.0 Å². The van der Waals surface area contributed by atoms with E-state index < -0.39 is 24.0 Å². The lowest BCUT2D eigenvalue weighted by Crippen LogP contribution is -2.48. The number of nitrogen functional groups attached to an aromatic ring is 1. The Kier molecular flexibility index (Phi) is 16.6. The number of carbonyl (C=O) groups excluding carboxylic acids is 2. The molecule has 0 aliphatic carbocycles. The Morgan fingerprint density at radius 2 is 1.67 bits per heavy atom. The maximum Gasteiger partial charge on any atom is 0.328 e. The van der Waals surface area contributed by atoms with Crippen molar-refractivity contribution < 1.29 is 19.1 Å². The first-order valence-electron chi connectivity index (χ1n) is 14.3. The summed E-state index contributed by atoms with van der Waals surface area (Å²) in [4.78, 5) is 33.3. The van der Waals surface area contributed by atoms with Crippen LogP contribution in [0.25, 0.3) is 21.7 Å². The Morgan fingerprint density at radius 1 is 1.02 bits per heavy atom. The summed E-state index contributed by atoms with van der Waals surface area (Å²) < 4.78 is 10.9. The fourth-order valence-electron chi connectivity index (χ4n) is 4.27. The lowest BCUT2D eigenvalue weighted by molar-refractivity contribution is -0.148. The van der Waals surface area contributed by atoms with Crippen LogP contribution in [-0.2, 0) is 20.1 Å². The normalized spacial score (nSPS) is 11.5. The van der Waals surface area contributed by atoms with Crippen LogP contribution in [0.3, 0.4) is 0 Å². The Hall–Kier alpha value is -4.12. The summed E-state index contributed by atoms with van der Waals surface area (Å²) in [5.74, 6) is -0.210. The van der Waals surface area contributed by atoms with Crippen molar-refractivity contribution in [1.82, 2.24) is 15.3 Å². The minimum atomic E-state index is -0.890. The summed E-state index contributed by atoms with van der Waals surface area (Å²) in [6, 6.07) is 16.7. The molecule has 2 atom stereocenters. The Bertz CT molecular complexity index is 1810. The first-order chi connectivity index (χ1) is 22.6. The van der Waals surface area contributed by atoms with Crippen molar-refractivity contribution in [2.24, 2.45) is 11.5 Å². The zero-order valence-electron chi connectivity index (χ0n) is 26.1. The molecule has 0 radical (unpaired) electrons. The van der Waals surface area contributed by atoms with Crippen molar-refractivity contribution in [3.8, 4) is 39.6 Å². The van der Waals surface area contributed by atoms with Gasteiger partial charge in [-0.25, -0.2) is 14.8 Å². The summed E-state index contributed by atoms with van der Waals surface area (Å²) >= 11 is 8.80. The fraction of sp³-hybridized carbons (Fsp3) is 0.250. The van der Waals surface area contributed by atoms with Gasteiger partial charge in [0.2, 0.25) is 5.91 Å². The second kappa shape index (κ2) is 19.8. The first kappa shape index (κ1) is 41.1. The lowest BCUT2D eigenvalue weighted by atomic mass is 9.97. The molecule has 4 rings (SSSR count). The Morgan fingerprint density at radius 3 is 2.31 bits per heavy atom. The van der Waals surface area contributed by atoms with Crippen LogP contribution in [0.2, 0.25) is 5.02 Å². The van der Waals surface area contributed by atoms with Gasteiger partial charge in [0.1, 0.15) is 58.6 Å². The highest BCUT2D eigenvalue weighted by molar-refractivity contribution is 7.98. The molecule has 49 heavy (non-hydrogen) atoms. The number of amides is 1. The minimum Gasteiger partial charge on any atom is -0.490 e. The number of aromatic nitrogens is 2. The number of esters is 1. The summed E-state index contributed by atoms with van der Waals surface area (Å²) in [7, 11) is 0. The van der Waals surface area contributed by atoms with E-state index in [-0.39, 0.29) is 61.5 Å². The summed E-state index contributed by atoms with van der Waals surface area (Å²) in [5, 5.41) is 26.3. The smallest absolute Gasteiger partial charge is 0.328 e. The van der Waals surface area contributed by atoms with Crippen LogP contribution >= 0.6 is 59.5 Å². The largest absolute Gasteiger partial charge is 0.490 e. The molecule has 0 saturated heterocycles. The number of nitrogens with one attached hydrogen (secondary N) is 1. The third-order valence-electron chi connectivity index (χ3n) is 6.68. The van der Waals surface area contributed by atoms with Crippen molar-refractivity contribution in [2.45, 2.75) is 36.2 Å². The van der Waals surface area contributed by atoms with E-state index in [4.69, 9.17) is 43.3 Å². The molecule has 0 aliphatic rings. The zero-order chi connectivity index (χ0) is 33.9. The number of anilines is 1. The number of hydrogen-bond acceptors (Lipinski definition) is 13. The minimum absolute atomic E-state index is 0. The predicted molar refractivity (Wildman–Crippen MR) is 196 cm³/mol. The number of rotatable bonds is 14. The van der Waals surface area contributed by atoms with Gasteiger partial charge in [0, 0.05) is 27.3 Å². The molecule has 12 nitrogen and oxygen atoms in total. The quantitative estimate of drug-likeness (QED) is 0.0751. The molecule has 0 spiro atoms. The molecule has 0 bridgehead atoms. The van der Waals surface area contributed by atoms with Crippen LogP contribution in [0.15, 0.2) is 58.9 Å². The molecule has 17 heteroatoms. The van der Waals surface area contributed by atoms with Crippen molar-refractivity contribution in [2.75, 3.05) is 25.5 Å². The van der Waals surface area contributed by atoms with Crippen LogP contribution in [0.5, 0.6) is 5.75 Å². The van der Waals surface area contributed by atoms with Gasteiger partial charge in [-0.1, -0.05) is 47.6 Å². The van der Waals surface area contributed by atoms with Crippen molar-refractivity contribution in [3.05, 3.63) is 75.8 Å². The summed E-state index contributed by atoms with van der Waals surface area (Å²) in [6.45, 7) is 1.73. The number of thiazole rings is 1. The average molecular weight is 764 g/mol. The highest BCUT2D eigenvalue weighted by atomic mass is 35.5. The van der Waals surface area contributed by atoms with Gasteiger partial charge >= 0.3 is 5.97 Å². The monoisotopic (exact) mass is 762 g/mol. The second-order valence-corrected chi connectivity index (χ2v) is 12.3. The summed E-state index contributed by atoms with van der Waals surface area (Å²) in [5.41, 5.74) is 20.3. The molecule has 2 aromatic heterocycles. The van der Waals surface area contributed by atoms with E-state index >= 15 is 0 Å². The van der Waals surface area contributed by atoms with Crippen molar-refractivity contribution >= 4 is 77.2 Å². The van der Waals surface area contributed by atoms with Gasteiger partial charge in [-0.05, 0) is 49.7 Å². The van der Waals surface area contributed by atoms with E-state index in [0.29, 0.717) is 39.1 Å². The number of benzene rings is 2. The molecule has 2 heterocycles. The van der Waals surface area contributed by atoms with Crippen molar-refractivity contribution in [3.63, 3.8) is 0 Å². The van der Waals surface area contributed by atoms with E-state index in [1.165, 1.54) is 30.0 Å². The van der Waals surface area contributed by atoms with Crippen LogP contribution < -0.4 is 27.3 Å². The topological polar surface area (TPSA) is 216 Å². The molecule has 2 aromatic carbocycles. The van der Waals surface area contributed by atoms with E-state index in [0.717, 1.165) is 16.3 Å². The van der Waals surface area contributed by atoms with Gasteiger partial charge in [0.05, 0.1) is 17.3 Å². The van der Waals surface area contributed by atoms with E-state index in [1.54, 1.807) is 24.3 Å². The first-order valence-corrected chi connectivity index (χ1v) is 16.5. The van der Waals surface area contributed by atoms with Gasteiger partial charge in [0.15, 0.2) is 0 Å². The fourth-order valence-corrected chi connectivity index (χ4v) is 6.21. The van der Waals surface area contributed by atoms with Crippen molar-refractivity contribution in [1.29, 1.82) is 10.5 Å². The highest BCUT2D eigenvalue weighted by Crippen LogP contribution is 2.37. The average Bonchev–Trinajstić information content (AvgIpc) is 3.55.